The van der Waals surface area contributed by atoms with Crippen LogP contribution in [0.2, 0.25) is 0 Å². The van der Waals surface area contributed by atoms with E-state index in [0.29, 0.717) is 47.1 Å². The van der Waals surface area contributed by atoms with Crippen molar-refractivity contribution in [2.45, 2.75) is 288 Å². The fourth-order valence-corrected chi connectivity index (χ4v) is 17.4. The zero-order chi connectivity index (χ0) is 80.7. The van der Waals surface area contributed by atoms with Crippen LogP contribution in [0, 0.1) is 0 Å². The van der Waals surface area contributed by atoms with Crippen LogP contribution < -0.4 is 14.7 Å². The number of nitrogens with zero attached hydrogens (tertiary/aromatic N) is 3. The van der Waals surface area contributed by atoms with Gasteiger partial charge in [0.1, 0.15) is 46.2 Å². The van der Waals surface area contributed by atoms with Gasteiger partial charge in [-0.05, 0) is 213 Å². The Hall–Kier alpha value is -6.82. The lowest BCUT2D eigenvalue weighted by atomic mass is 10.0. The number of rotatable bonds is 39. The number of carboxylic acids is 1. The lowest BCUT2D eigenvalue weighted by Crippen LogP contribution is -2.32. The first-order valence-corrected chi connectivity index (χ1v) is 42.9. The molecule has 3 amide bonds. The third-order valence-electron chi connectivity index (χ3n) is 20.7. The van der Waals surface area contributed by atoms with Crippen molar-refractivity contribution in [1.82, 2.24) is 0 Å². The van der Waals surface area contributed by atoms with Crippen LogP contribution >= 0.6 is 34.0 Å². The summed E-state index contributed by atoms with van der Waals surface area (Å²) >= 11 is 4.16. The number of carboxylic acid groups (broad SMARTS) is 1. The number of anilines is 3. The van der Waals surface area contributed by atoms with E-state index in [1.165, 1.54) is 34.0 Å². The Morgan fingerprint density at radius 1 is 0.464 bits per heavy atom. The molecule has 6 aromatic rings. The van der Waals surface area contributed by atoms with Crippen molar-refractivity contribution in [2.75, 3.05) is 54.3 Å². The van der Waals surface area contributed by atoms with E-state index in [1.807, 2.05) is 139 Å². The number of carbonyl (C=O) groups is 6. The average molecular weight is 1610 g/mol. The summed E-state index contributed by atoms with van der Waals surface area (Å²) in [7, 11) is 0. The van der Waals surface area contributed by atoms with Crippen LogP contribution in [0.5, 0.6) is 0 Å². The summed E-state index contributed by atoms with van der Waals surface area (Å²) in [5, 5.41) is 67.0. The molecule has 5 aliphatic rings. The van der Waals surface area contributed by atoms with Gasteiger partial charge in [0.2, 0.25) is 17.7 Å². The molecule has 5 fully saturated rings. The van der Waals surface area contributed by atoms with E-state index in [4.69, 9.17) is 43.7 Å². The predicted molar refractivity (Wildman–Crippen MR) is 437 cm³/mol. The highest BCUT2D eigenvalue weighted by atomic mass is 32.1. The van der Waals surface area contributed by atoms with E-state index >= 15 is 0 Å². The van der Waals surface area contributed by atoms with Crippen molar-refractivity contribution >= 4 is 86.7 Å². The molecule has 11 rings (SSSR count). The van der Waals surface area contributed by atoms with Crippen LogP contribution in [0.1, 0.15) is 281 Å². The standard InChI is InChI=1S/C30H41NO6S.C27H37NO6S.C24H31NO4S.C6H12O3/c1-4-5-6-10-26(32)21-11-13-23(14-12-21)31-22(15-18-28(31)33)8-7-9-25-16-17-27(38-25)29(34)35-19-24-20-36-30(2,3)37-24;1-2-3-4-8-24(31)19-9-11-21(12-10-19)28-20(13-16-26(28)32)6-5-7-23-14-15-25(35-23)27(33)34-18-22(30)17-29;1-2-3-4-8-21(26)17-9-11-19(12-10-17)25-18(13-16-23(25)27)6-5-7-20-14-15-22(30-20)24(28)29;1-6(2)8-4-5(3-7)9-6/h11-14,16-17,22,24,26,32H,4-10,15,18-20H2,1-3H3;9-12,14-15,20,22,24,29-31H,2-8,13,16-18H2,1H3;9-12,14-15,18,21,26H,2-8,13,16H2,1H3,(H,28,29);5,7H,3-4H2,1-2H3/t22-,24+,26-;20-,22-,24-;18-,21-;5-/m0001/s1. The third-order valence-corrected chi connectivity index (χ3v) is 24.1. The molecule has 616 valence electrons. The van der Waals surface area contributed by atoms with Crippen LogP contribution in [0.4, 0.5) is 17.1 Å². The van der Waals surface area contributed by atoms with Gasteiger partial charge in [0, 0.05) is 69.1 Å². The second-order valence-electron chi connectivity index (χ2n) is 30.6. The average Bonchev–Trinajstić information content (AvgIpc) is 1.69. The summed E-state index contributed by atoms with van der Waals surface area (Å²) in [6.07, 6.45) is 21.4. The minimum absolute atomic E-state index is 0.0451. The van der Waals surface area contributed by atoms with Gasteiger partial charge in [-0.15, -0.1) is 34.0 Å². The molecule has 0 saturated carbocycles. The second kappa shape index (κ2) is 46.1. The van der Waals surface area contributed by atoms with Gasteiger partial charge in [0.25, 0.3) is 0 Å². The third kappa shape index (κ3) is 28.6. The highest BCUT2D eigenvalue weighted by molar-refractivity contribution is 7.14. The summed E-state index contributed by atoms with van der Waals surface area (Å²) in [6.45, 7) is 14.3. The van der Waals surface area contributed by atoms with E-state index in [1.54, 1.807) is 12.1 Å². The number of amides is 3. The normalized spacial score (nSPS) is 20.2. The van der Waals surface area contributed by atoms with E-state index < -0.39 is 54.5 Å². The van der Waals surface area contributed by atoms with Crippen molar-refractivity contribution < 1.29 is 92.9 Å². The number of benzene rings is 3. The van der Waals surface area contributed by atoms with Gasteiger partial charge in [0.15, 0.2) is 11.6 Å². The van der Waals surface area contributed by atoms with Gasteiger partial charge in [-0.25, -0.2) is 14.4 Å². The van der Waals surface area contributed by atoms with Crippen LogP contribution in [-0.4, -0.2) is 159 Å². The number of thiophene rings is 3. The number of ether oxygens (including phenoxy) is 6. The highest BCUT2D eigenvalue weighted by Gasteiger charge is 2.37. The van der Waals surface area contributed by atoms with Gasteiger partial charge in [-0.1, -0.05) is 115 Å². The van der Waals surface area contributed by atoms with E-state index in [0.717, 1.165) is 202 Å². The Kier molecular flexibility index (Phi) is 37.3. The summed E-state index contributed by atoms with van der Waals surface area (Å²) in [4.78, 5) is 83.8. The minimum atomic E-state index is -1.07. The molecule has 9 atom stereocenters. The lowest BCUT2D eigenvalue weighted by Gasteiger charge is -2.25. The largest absolute Gasteiger partial charge is 0.477 e. The maximum atomic E-state index is 12.7. The number of aromatic carboxylic acids is 1. The van der Waals surface area contributed by atoms with Crippen molar-refractivity contribution in [2.24, 2.45) is 0 Å². The summed E-state index contributed by atoms with van der Waals surface area (Å²) in [6, 6.07) is 34.8. The minimum Gasteiger partial charge on any atom is -0.477 e. The molecule has 0 spiro atoms. The number of hydrogen-bond donors (Lipinski definition) is 7. The fourth-order valence-electron chi connectivity index (χ4n) is 14.6. The molecule has 0 radical (unpaired) electrons. The Morgan fingerprint density at radius 2 is 0.804 bits per heavy atom. The Balaban J connectivity index is 0.000000200. The first-order chi connectivity index (χ1) is 53.8. The van der Waals surface area contributed by atoms with Crippen LogP contribution in [-0.2, 0) is 62.1 Å². The highest BCUT2D eigenvalue weighted by Crippen LogP contribution is 2.37. The van der Waals surface area contributed by atoms with Crippen molar-refractivity contribution in [3.05, 3.63) is 155 Å². The topological polar surface area (TPSA) is 309 Å². The van der Waals surface area contributed by atoms with Gasteiger partial charge in [-0.2, -0.15) is 0 Å². The molecular weight excluding hydrogens is 1490 g/mol. The Morgan fingerprint density at radius 3 is 1.11 bits per heavy atom. The van der Waals surface area contributed by atoms with Gasteiger partial charge >= 0.3 is 17.9 Å². The summed E-state index contributed by atoms with van der Waals surface area (Å²) in [5.74, 6) is -2.38. The van der Waals surface area contributed by atoms with Gasteiger partial charge in [0.05, 0.1) is 44.7 Å². The molecule has 5 saturated heterocycles. The van der Waals surface area contributed by atoms with Gasteiger partial charge < -0.3 is 78.9 Å². The van der Waals surface area contributed by atoms with Crippen LogP contribution in [0.3, 0.4) is 0 Å². The molecule has 0 bridgehead atoms. The Labute approximate surface area is 673 Å². The molecule has 25 heteroatoms. The molecule has 112 heavy (non-hydrogen) atoms. The molecule has 3 aromatic carbocycles. The number of aliphatic hydroxyl groups is 6. The zero-order valence-corrected chi connectivity index (χ0v) is 69.0. The monoisotopic (exact) mass is 1610 g/mol. The maximum Gasteiger partial charge on any atom is 0.348 e. The van der Waals surface area contributed by atoms with E-state index in [9.17, 15) is 49.2 Å². The fraction of sp³-hybridized carbons (Fsp3) is 0.586. The number of esters is 2. The van der Waals surface area contributed by atoms with Crippen molar-refractivity contribution in [1.29, 1.82) is 0 Å². The molecular formula is C87H121N3O19S3. The first kappa shape index (κ1) is 90.7. The molecule has 3 aromatic heterocycles. The lowest BCUT2D eigenvalue weighted by molar-refractivity contribution is -0.143. The molecule has 0 aliphatic carbocycles. The number of aliphatic hydroxyl groups excluding tert-OH is 6. The van der Waals surface area contributed by atoms with E-state index in [2.05, 4.69) is 20.8 Å². The number of carbonyl (C=O) groups excluding carboxylic acids is 5. The molecule has 22 nitrogen and oxygen atoms in total. The second-order valence-corrected chi connectivity index (χ2v) is 34.1. The quantitative estimate of drug-likeness (QED) is 0.0139. The molecule has 5 aliphatic heterocycles. The number of hydrogen-bond acceptors (Lipinski definition) is 21. The summed E-state index contributed by atoms with van der Waals surface area (Å²) in [5.41, 5.74) is 5.40. The smallest absolute Gasteiger partial charge is 0.348 e. The van der Waals surface area contributed by atoms with Crippen molar-refractivity contribution in [3.8, 4) is 0 Å². The Bertz CT molecular complexity index is 3840. The molecule has 7 N–H and O–H groups in total. The maximum absolute atomic E-state index is 12.7. The van der Waals surface area contributed by atoms with Crippen LogP contribution in [0.25, 0.3) is 0 Å². The zero-order valence-electron chi connectivity index (χ0n) is 66.5. The predicted octanol–water partition coefficient (Wildman–Crippen LogP) is 16.3. The number of unbranched alkanes of at least 4 members (excludes halogenated alkanes) is 6. The van der Waals surface area contributed by atoms with Gasteiger partial charge in [-0.3, -0.25) is 14.4 Å². The van der Waals surface area contributed by atoms with Crippen molar-refractivity contribution in [3.63, 3.8) is 0 Å². The summed E-state index contributed by atoms with van der Waals surface area (Å²) < 4.78 is 32.0. The first-order valence-electron chi connectivity index (χ1n) is 40.5. The van der Waals surface area contributed by atoms with Crippen LogP contribution in [0.15, 0.2) is 109 Å². The molecule has 0 unspecified atom stereocenters. The van der Waals surface area contributed by atoms with E-state index in [-0.39, 0.29) is 73.8 Å². The molecule has 8 heterocycles. The number of aryl methyl sites for hydroxylation is 3. The SMILES string of the molecule is CC1(C)OC[C@@H](CO)O1.CCCCC[C@H](O)c1ccc(N2C(=O)CC[C@@H]2CCCc2ccc(C(=O)O)s2)cc1.CCCCC[C@H](O)c1ccc(N2C(=O)CC[C@@H]2CCCc2ccc(C(=O)OC[C@@H](O)CO)s2)cc1.CCCCC[C@H](O)c1ccc(N2C(=O)CC[C@@H]2CCCc2ccc(C(=O)OC[C@@H]3COC(C)(C)O3)s2)cc1.